The van der Waals surface area contributed by atoms with Crippen LogP contribution in [0.25, 0.3) is 0 Å². The minimum absolute atomic E-state index is 0.0244. The molecule has 0 spiro atoms. The van der Waals surface area contributed by atoms with Gasteiger partial charge in [0.15, 0.2) is 5.75 Å². The minimum atomic E-state index is -0.585. The molecule has 0 amide bonds. The number of nitrogen functional groups attached to an aromatic ring is 1. The Morgan fingerprint density at radius 2 is 2.17 bits per heavy atom. The molecule has 0 radical (unpaired) electrons. The van der Waals surface area contributed by atoms with Crippen LogP contribution in [0.15, 0.2) is 28.9 Å². The third-order valence-corrected chi connectivity index (χ3v) is 3.57. The minimum Gasteiger partial charge on any atom is -0.436 e. The maximum atomic E-state index is 13.3. The molecule has 3 nitrogen and oxygen atoms in total. The molecule has 2 rings (SSSR count). The molecule has 94 valence electrons. The van der Waals surface area contributed by atoms with Gasteiger partial charge in [0.05, 0.1) is 15.2 Å². The Hall–Kier alpha value is -1.33. The zero-order valence-corrected chi connectivity index (χ0v) is 11.7. The van der Waals surface area contributed by atoms with E-state index in [9.17, 15) is 4.39 Å². The summed E-state index contributed by atoms with van der Waals surface area (Å²) in [5.41, 5.74) is 6.32. The maximum Gasteiger partial charge on any atom is 0.233 e. The number of nitrogens with two attached hydrogens (primary N) is 1. The third kappa shape index (κ3) is 2.57. The SMILES string of the molecule is Cc1ccnc(Oc2cc(F)c(N)cc2Cl)c1Br. The third-order valence-electron chi connectivity index (χ3n) is 2.31. The largest absolute Gasteiger partial charge is 0.436 e. The summed E-state index contributed by atoms with van der Waals surface area (Å²) in [6.45, 7) is 1.89. The van der Waals surface area contributed by atoms with Crippen LogP contribution in [0.5, 0.6) is 11.6 Å². The standard InChI is InChI=1S/C12H9BrClFN2O/c1-6-2-3-17-12(11(6)13)18-10-5-8(15)9(16)4-7(10)14/h2-5H,16H2,1H3. The molecule has 0 saturated heterocycles. The van der Waals surface area contributed by atoms with Crippen molar-refractivity contribution in [2.75, 3.05) is 5.73 Å². The van der Waals surface area contributed by atoms with Crippen LogP contribution < -0.4 is 10.5 Å². The number of benzene rings is 1. The first-order chi connectivity index (χ1) is 8.49. The van der Waals surface area contributed by atoms with Crippen LogP contribution >= 0.6 is 27.5 Å². The monoisotopic (exact) mass is 330 g/mol. The second-order valence-electron chi connectivity index (χ2n) is 3.65. The van der Waals surface area contributed by atoms with E-state index in [2.05, 4.69) is 20.9 Å². The van der Waals surface area contributed by atoms with Crippen LogP contribution in [0.3, 0.4) is 0 Å². The Morgan fingerprint density at radius 1 is 1.44 bits per heavy atom. The number of halogens is 3. The molecular weight excluding hydrogens is 322 g/mol. The molecule has 0 aliphatic carbocycles. The van der Waals surface area contributed by atoms with E-state index in [0.29, 0.717) is 10.4 Å². The summed E-state index contributed by atoms with van der Waals surface area (Å²) in [5, 5.41) is 0.226. The zero-order chi connectivity index (χ0) is 13.3. The summed E-state index contributed by atoms with van der Waals surface area (Å²) >= 11 is 9.27. The molecule has 0 saturated carbocycles. The fraction of sp³-hybridized carbons (Fsp3) is 0.0833. The fourth-order valence-electron chi connectivity index (χ4n) is 1.31. The highest BCUT2D eigenvalue weighted by atomic mass is 79.9. The summed E-state index contributed by atoms with van der Waals surface area (Å²) in [6, 6.07) is 4.26. The summed E-state index contributed by atoms with van der Waals surface area (Å²) in [7, 11) is 0. The first-order valence-electron chi connectivity index (χ1n) is 5.02. The lowest BCUT2D eigenvalue weighted by molar-refractivity contribution is 0.455. The number of aromatic nitrogens is 1. The predicted octanol–water partition coefficient (Wildman–Crippen LogP) is 4.32. The second kappa shape index (κ2) is 5.12. The molecule has 1 aromatic heterocycles. The quantitative estimate of drug-likeness (QED) is 0.834. The summed E-state index contributed by atoms with van der Waals surface area (Å²) in [4.78, 5) is 4.05. The van der Waals surface area contributed by atoms with Crippen molar-refractivity contribution in [1.82, 2.24) is 4.98 Å². The molecule has 6 heteroatoms. The Kier molecular flexibility index (Phi) is 3.73. The fourth-order valence-corrected chi connectivity index (χ4v) is 1.84. The second-order valence-corrected chi connectivity index (χ2v) is 4.85. The number of hydrogen-bond acceptors (Lipinski definition) is 3. The lowest BCUT2D eigenvalue weighted by Crippen LogP contribution is -1.95. The molecule has 1 aromatic carbocycles. The molecule has 0 aliphatic rings. The van der Waals surface area contributed by atoms with E-state index < -0.39 is 5.82 Å². The number of anilines is 1. The number of nitrogens with zero attached hydrogens (tertiary/aromatic N) is 1. The van der Waals surface area contributed by atoms with E-state index in [1.807, 2.05) is 13.0 Å². The summed E-state index contributed by atoms with van der Waals surface area (Å²) in [5.74, 6) is -0.0959. The van der Waals surface area contributed by atoms with Crippen molar-refractivity contribution in [2.24, 2.45) is 0 Å². The highest BCUT2D eigenvalue weighted by Gasteiger charge is 2.12. The van der Waals surface area contributed by atoms with E-state index in [1.54, 1.807) is 6.20 Å². The van der Waals surface area contributed by atoms with Crippen molar-refractivity contribution in [2.45, 2.75) is 6.92 Å². The Labute approximate surface area is 117 Å². The average molecular weight is 332 g/mol. The Balaban J connectivity index is 2.40. The van der Waals surface area contributed by atoms with Crippen LogP contribution in [-0.4, -0.2) is 4.98 Å². The molecule has 0 fully saturated rings. The molecule has 2 N–H and O–H groups in total. The van der Waals surface area contributed by atoms with Crippen molar-refractivity contribution >= 4 is 33.2 Å². The molecule has 0 aliphatic heterocycles. The van der Waals surface area contributed by atoms with Crippen molar-refractivity contribution < 1.29 is 9.13 Å². The van der Waals surface area contributed by atoms with Crippen molar-refractivity contribution in [3.8, 4) is 11.6 Å². The van der Waals surface area contributed by atoms with Gasteiger partial charge in [0, 0.05) is 12.3 Å². The molecule has 0 unspecified atom stereocenters. The van der Waals surface area contributed by atoms with Gasteiger partial charge < -0.3 is 10.5 Å². The highest BCUT2D eigenvalue weighted by molar-refractivity contribution is 9.10. The molecular formula is C12H9BrClFN2O. The van der Waals surface area contributed by atoms with E-state index >= 15 is 0 Å². The molecule has 1 heterocycles. The van der Waals surface area contributed by atoms with Crippen LogP contribution in [0.1, 0.15) is 5.56 Å². The van der Waals surface area contributed by atoms with Gasteiger partial charge >= 0.3 is 0 Å². The van der Waals surface area contributed by atoms with Gasteiger partial charge in [-0.25, -0.2) is 9.37 Å². The number of aryl methyl sites for hydroxylation is 1. The van der Waals surface area contributed by atoms with Gasteiger partial charge in [-0.15, -0.1) is 0 Å². The van der Waals surface area contributed by atoms with E-state index in [4.69, 9.17) is 22.1 Å². The first-order valence-corrected chi connectivity index (χ1v) is 6.19. The summed E-state index contributed by atoms with van der Waals surface area (Å²) in [6.07, 6.45) is 1.59. The van der Waals surface area contributed by atoms with Crippen LogP contribution in [0.2, 0.25) is 5.02 Å². The van der Waals surface area contributed by atoms with E-state index in [1.165, 1.54) is 6.07 Å². The van der Waals surface area contributed by atoms with Crippen LogP contribution in [-0.2, 0) is 0 Å². The van der Waals surface area contributed by atoms with E-state index in [0.717, 1.165) is 11.6 Å². The topological polar surface area (TPSA) is 48.1 Å². The van der Waals surface area contributed by atoms with Gasteiger partial charge in [0.25, 0.3) is 0 Å². The van der Waals surface area contributed by atoms with Gasteiger partial charge in [-0.2, -0.15) is 0 Å². The van der Waals surface area contributed by atoms with Crippen molar-refractivity contribution in [3.63, 3.8) is 0 Å². The summed E-state index contributed by atoms with van der Waals surface area (Å²) < 4.78 is 19.5. The maximum absolute atomic E-state index is 13.3. The molecule has 0 atom stereocenters. The van der Waals surface area contributed by atoms with Crippen LogP contribution in [0, 0.1) is 12.7 Å². The lowest BCUT2D eigenvalue weighted by Gasteiger charge is -2.10. The van der Waals surface area contributed by atoms with Gasteiger partial charge in [0.2, 0.25) is 5.88 Å². The molecule has 18 heavy (non-hydrogen) atoms. The average Bonchev–Trinajstić information content (AvgIpc) is 2.32. The predicted molar refractivity (Wildman–Crippen MR) is 72.6 cm³/mol. The van der Waals surface area contributed by atoms with Crippen LogP contribution in [0.4, 0.5) is 10.1 Å². The first kappa shape index (κ1) is 13.1. The zero-order valence-electron chi connectivity index (χ0n) is 9.38. The number of ether oxygens (including phenoxy) is 1. The van der Waals surface area contributed by atoms with Gasteiger partial charge in [0.1, 0.15) is 5.82 Å². The Morgan fingerprint density at radius 3 is 2.89 bits per heavy atom. The van der Waals surface area contributed by atoms with Gasteiger partial charge in [-0.3, -0.25) is 0 Å². The molecule has 2 aromatic rings. The number of rotatable bonds is 2. The number of pyridine rings is 1. The van der Waals surface area contributed by atoms with Gasteiger partial charge in [-0.1, -0.05) is 11.6 Å². The van der Waals surface area contributed by atoms with E-state index in [-0.39, 0.29) is 16.5 Å². The van der Waals surface area contributed by atoms with Crippen molar-refractivity contribution in [3.05, 3.63) is 45.3 Å². The van der Waals surface area contributed by atoms with Crippen molar-refractivity contribution in [1.29, 1.82) is 0 Å². The smallest absolute Gasteiger partial charge is 0.233 e. The Bertz CT molecular complexity index is 607. The number of hydrogen-bond donors (Lipinski definition) is 1. The normalized spacial score (nSPS) is 10.4. The molecule has 0 bridgehead atoms. The lowest BCUT2D eigenvalue weighted by atomic mass is 10.3. The van der Waals surface area contributed by atoms with Gasteiger partial charge in [-0.05, 0) is 40.5 Å². The highest BCUT2D eigenvalue weighted by Crippen LogP contribution is 2.35.